The van der Waals surface area contributed by atoms with Gasteiger partial charge in [0.15, 0.2) is 5.78 Å². The van der Waals surface area contributed by atoms with Crippen molar-refractivity contribution >= 4 is 17.7 Å². The molecule has 5 aliphatic rings. The highest BCUT2D eigenvalue weighted by Crippen LogP contribution is 2.70. The quantitative estimate of drug-likeness (QED) is 0.329. The van der Waals surface area contributed by atoms with Crippen molar-refractivity contribution in [2.45, 2.75) is 157 Å². The molecule has 4 fully saturated rings. The summed E-state index contributed by atoms with van der Waals surface area (Å²) in [4.78, 5) is 39.6. The lowest BCUT2D eigenvalue weighted by atomic mass is 9.38. The zero-order valence-electron chi connectivity index (χ0n) is 29.0. The zero-order chi connectivity index (χ0) is 31.9. The van der Waals surface area contributed by atoms with E-state index >= 15 is 0 Å². The van der Waals surface area contributed by atoms with Crippen LogP contribution in [-0.4, -0.2) is 40.4 Å². The van der Waals surface area contributed by atoms with Gasteiger partial charge in [0.05, 0.1) is 11.1 Å². The monoisotopic (exact) mass is 596 g/mol. The summed E-state index contributed by atoms with van der Waals surface area (Å²) >= 11 is 0. The maximum Gasteiger partial charge on any atom is 0.302 e. The number of nitrogens with one attached hydrogen (secondary N) is 2. The van der Waals surface area contributed by atoms with Crippen LogP contribution in [0.4, 0.5) is 0 Å². The molecule has 6 nitrogen and oxygen atoms in total. The molecular formula is C37H60N2O4. The molecule has 5 aliphatic carbocycles. The molecule has 43 heavy (non-hydrogen) atoms. The molecule has 0 aromatic rings. The minimum absolute atomic E-state index is 0.0115. The Hall–Kier alpha value is -1.69. The molecule has 0 aliphatic heterocycles. The van der Waals surface area contributed by atoms with Crippen molar-refractivity contribution < 1.29 is 19.1 Å². The van der Waals surface area contributed by atoms with E-state index in [9.17, 15) is 14.4 Å². The number of hydrogen-bond donors (Lipinski definition) is 2. The molecule has 2 N–H and O–H groups in total. The van der Waals surface area contributed by atoms with Gasteiger partial charge >= 0.3 is 5.97 Å². The molecule has 0 spiro atoms. The summed E-state index contributed by atoms with van der Waals surface area (Å²) in [5.41, 5.74) is 1.22. The highest BCUT2D eigenvalue weighted by molar-refractivity contribution is 6.02. The molecule has 0 bridgehead atoms. The predicted molar refractivity (Wildman–Crippen MR) is 171 cm³/mol. The standard InChI is InChI=1S/C37H60N2O4/c1-21(2)30-27(41)20-37(38-32(42)34(8,9)39-33(5,6)7)19-15-26-24(31(30)37)12-13-29-35(10)18-16-28(43-23(4)40)22(3)25(35)14-17-36(26,29)11/h21-22,24-26,28-29,39H,12-20H2,1-11H3,(H,38,42). The van der Waals surface area contributed by atoms with Crippen LogP contribution in [-0.2, 0) is 19.1 Å². The number of amides is 1. The number of rotatable bonds is 5. The lowest BCUT2D eigenvalue weighted by molar-refractivity contribution is -0.188. The molecule has 0 heterocycles. The van der Waals surface area contributed by atoms with Gasteiger partial charge in [-0.25, -0.2) is 0 Å². The smallest absolute Gasteiger partial charge is 0.302 e. The number of hydrogen-bond acceptors (Lipinski definition) is 5. The molecular weight excluding hydrogens is 536 g/mol. The summed E-state index contributed by atoms with van der Waals surface area (Å²) in [5, 5.41) is 7.06. The second-order valence-corrected chi connectivity index (χ2v) is 17.7. The second-order valence-electron chi connectivity index (χ2n) is 17.7. The first kappa shape index (κ1) is 32.7. The van der Waals surface area contributed by atoms with Gasteiger partial charge in [-0.05, 0) is 143 Å². The van der Waals surface area contributed by atoms with Crippen LogP contribution in [0.1, 0.15) is 134 Å². The number of Topliss-reactive ketones (excluding diaryl/α,β-unsaturated/α-hetero) is 1. The Kier molecular flexibility index (Phi) is 8.13. The van der Waals surface area contributed by atoms with E-state index in [0.717, 1.165) is 37.7 Å². The van der Waals surface area contributed by atoms with Crippen LogP contribution in [0, 0.1) is 46.3 Å². The maximum atomic E-state index is 14.0. The Balaban J connectivity index is 1.47. The maximum absolute atomic E-state index is 14.0. The molecule has 6 heteroatoms. The average molecular weight is 597 g/mol. The average Bonchev–Trinajstić information content (AvgIpc) is 3.16. The summed E-state index contributed by atoms with van der Waals surface area (Å²) in [5.74, 6) is 2.66. The predicted octanol–water partition coefficient (Wildman–Crippen LogP) is 7.15. The van der Waals surface area contributed by atoms with Crippen LogP contribution >= 0.6 is 0 Å². The van der Waals surface area contributed by atoms with Gasteiger partial charge in [-0.2, -0.15) is 0 Å². The van der Waals surface area contributed by atoms with Crippen LogP contribution in [0.3, 0.4) is 0 Å². The molecule has 4 saturated carbocycles. The first-order valence-electron chi connectivity index (χ1n) is 17.3. The van der Waals surface area contributed by atoms with Gasteiger partial charge in [-0.1, -0.05) is 34.6 Å². The van der Waals surface area contributed by atoms with Crippen molar-refractivity contribution in [3.63, 3.8) is 0 Å². The largest absolute Gasteiger partial charge is 0.462 e. The molecule has 0 saturated heterocycles. The highest BCUT2D eigenvalue weighted by atomic mass is 16.5. The van der Waals surface area contributed by atoms with Crippen molar-refractivity contribution in [1.29, 1.82) is 0 Å². The summed E-state index contributed by atoms with van der Waals surface area (Å²) in [7, 11) is 0. The lowest BCUT2D eigenvalue weighted by Gasteiger charge is -2.67. The van der Waals surface area contributed by atoms with E-state index in [4.69, 9.17) is 4.74 Å². The van der Waals surface area contributed by atoms with E-state index in [2.05, 4.69) is 66.0 Å². The van der Waals surface area contributed by atoms with Crippen molar-refractivity contribution in [3.05, 3.63) is 11.1 Å². The Bertz CT molecular complexity index is 1200. The fraction of sp³-hybridized carbons (Fsp3) is 0.865. The van der Waals surface area contributed by atoms with Crippen molar-refractivity contribution in [2.75, 3.05) is 0 Å². The van der Waals surface area contributed by atoms with Crippen LogP contribution in [0.15, 0.2) is 11.1 Å². The second kappa shape index (κ2) is 10.7. The van der Waals surface area contributed by atoms with Gasteiger partial charge in [-0.3, -0.25) is 19.7 Å². The summed E-state index contributed by atoms with van der Waals surface area (Å²) < 4.78 is 5.81. The van der Waals surface area contributed by atoms with E-state index < -0.39 is 11.1 Å². The topological polar surface area (TPSA) is 84.5 Å². The van der Waals surface area contributed by atoms with Crippen molar-refractivity contribution in [3.8, 4) is 0 Å². The number of fused-ring (bicyclic) bond motifs is 7. The summed E-state index contributed by atoms with van der Waals surface area (Å²) in [6, 6.07) is 0. The summed E-state index contributed by atoms with van der Waals surface area (Å²) in [6.45, 7) is 23.5. The van der Waals surface area contributed by atoms with Gasteiger partial charge < -0.3 is 10.1 Å². The van der Waals surface area contributed by atoms with E-state index in [1.54, 1.807) is 6.92 Å². The normalized spacial score (nSPS) is 41.3. The van der Waals surface area contributed by atoms with Gasteiger partial charge in [0.2, 0.25) is 5.91 Å². The minimum Gasteiger partial charge on any atom is -0.462 e. The molecule has 0 aromatic heterocycles. The Morgan fingerprint density at radius 3 is 2.12 bits per heavy atom. The number of ketones is 1. The van der Waals surface area contributed by atoms with E-state index in [-0.39, 0.29) is 46.1 Å². The fourth-order valence-corrected chi connectivity index (χ4v) is 11.8. The number of carbonyl (C=O) groups is 3. The minimum atomic E-state index is -0.753. The Labute approximate surface area is 261 Å². The SMILES string of the molecule is CC(=O)OC1CCC2(C)C(CCC3(C)C4CCC5(NC(=O)C(C)(C)NC(C)(C)C)CC(=O)C(C(C)C)=C5C4CCC32)C1C. The summed E-state index contributed by atoms with van der Waals surface area (Å²) in [6.07, 6.45) is 9.04. The third-order valence-electron chi connectivity index (χ3n) is 13.0. The third-order valence-corrected chi connectivity index (χ3v) is 13.0. The lowest BCUT2D eigenvalue weighted by Crippen LogP contribution is -2.66. The van der Waals surface area contributed by atoms with Crippen LogP contribution < -0.4 is 10.6 Å². The van der Waals surface area contributed by atoms with Crippen molar-refractivity contribution in [1.82, 2.24) is 10.6 Å². The van der Waals surface area contributed by atoms with Crippen LogP contribution in [0.25, 0.3) is 0 Å². The highest BCUT2D eigenvalue weighted by Gasteiger charge is 2.65. The molecule has 9 unspecified atom stereocenters. The number of ether oxygens (including phenoxy) is 1. The van der Waals surface area contributed by atoms with E-state index in [1.807, 2.05) is 13.8 Å². The van der Waals surface area contributed by atoms with Gasteiger partial charge in [0.25, 0.3) is 0 Å². The first-order valence-corrected chi connectivity index (χ1v) is 17.3. The number of esters is 1. The van der Waals surface area contributed by atoms with Gasteiger partial charge in [-0.15, -0.1) is 0 Å². The Morgan fingerprint density at radius 1 is 0.907 bits per heavy atom. The molecule has 242 valence electrons. The van der Waals surface area contributed by atoms with Crippen molar-refractivity contribution in [2.24, 2.45) is 46.3 Å². The molecule has 1 amide bonds. The Morgan fingerprint density at radius 2 is 1.51 bits per heavy atom. The van der Waals surface area contributed by atoms with E-state index in [1.165, 1.54) is 24.8 Å². The van der Waals surface area contributed by atoms with Gasteiger partial charge in [0.1, 0.15) is 6.10 Å². The molecule has 5 rings (SSSR count). The zero-order valence-corrected chi connectivity index (χ0v) is 29.0. The first-order chi connectivity index (χ1) is 19.8. The third kappa shape index (κ3) is 5.33. The fourth-order valence-electron chi connectivity index (χ4n) is 11.8. The molecule has 0 radical (unpaired) electrons. The molecule has 9 atom stereocenters. The van der Waals surface area contributed by atoms with Crippen LogP contribution in [0.2, 0.25) is 0 Å². The number of allylic oxidation sites excluding steroid dienone is 1. The van der Waals surface area contributed by atoms with E-state index in [0.29, 0.717) is 36.0 Å². The number of carbonyl (C=O) groups excluding carboxylic acids is 3. The van der Waals surface area contributed by atoms with Gasteiger partial charge in [0, 0.05) is 18.9 Å². The molecule has 0 aromatic carbocycles. The van der Waals surface area contributed by atoms with Crippen LogP contribution in [0.5, 0.6) is 0 Å².